The van der Waals surface area contributed by atoms with Crippen molar-refractivity contribution < 1.29 is 0 Å². The zero-order valence-corrected chi connectivity index (χ0v) is 18.2. The summed E-state index contributed by atoms with van der Waals surface area (Å²) >= 11 is 12.5. The Morgan fingerprint density at radius 3 is 2.53 bits per heavy atom. The van der Waals surface area contributed by atoms with Gasteiger partial charge in [-0.1, -0.05) is 71.2 Å². The highest BCUT2D eigenvalue weighted by atomic mass is 35.5. The first kappa shape index (κ1) is 19.4. The molecule has 0 unspecified atom stereocenters. The van der Waals surface area contributed by atoms with Crippen LogP contribution in [0.5, 0.6) is 0 Å². The normalized spacial score (nSPS) is 22.0. The van der Waals surface area contributed by atoms with Crippen LogP contribution in [-0.4, -0.2) is 6.21 Å². The Hall–Kier alpha value is -2.55. The Morgan fingerprint density at radius 1 is 1.00 bits per heavy atom. The van der Waals surface area contributed by atoms with Crippen LogP contribution in [0.4, 0.5) is 11.4 Å². The number of hydrogen-bond donors (Lipinski definition) is 1. The molecule has 0 bridgehead atoms. The molecule has 1 aliphatic heterocycles. The molecule has 3 atom stereocenters. The van der Waals surface area contributed by atoms with Gasteiger partial charge in [-0.15, -0.1) is 0 Å². The van der Waals surface area contributed by atoms with E-state index in [1.54, 1.807) is 6.21 Å². The summed E-state index contributed by atoms with van der Waals surface area (Å²) in [6, 6.07) is 20.9. The van der Waals surface area contributed by atoms with Crippen molar-refractivity contribution in [2.24, 2.45) is 10.9 Å². The number of nitrogens with one attached hydrogen (secondary N) is 1. The lowest BCUT2D eigenvalue weighted by Crippen LogP contribution is -2.29. The summed E-state index contributed by atoms with van der Waals surface area (Å²) in [7, 11) is 0. The number of aryl methyl sites for hydroxylation is 1. The minimum atomic E-state index is 0.288. The van der Waals surface area contributed by atoms with Gasteiger partial charge < -0.3 is 5.32 Å². The largest absolute Gasteiger partial charge is 0.378 e. The molecule has 150 valence electrons. The zero-order chi connectivity index (χ0) is 20.7. The number of hydrogen-bond acceptors (Lipinski definition) is 2. The fourth-order valence-corrected chi connectivity index (χ4v) is 5.08. The number of anilines is 1. The Labute approximate surface area is 187 Å². The lowest BCUT2D eigenvalue weighted by atomic mass is 9.76. The fraction of sp³-hybridized carbons (Fsp3) is 0.192. The van der Waals surface area contributed by atoms with Crippen molar-refractivity contribution in [2.45, 2.75) is 25.3 Å². The molecule has 0 saturated carbocycles. The minimum Gasteiger partial charge on any atom is -0.378 e. The van der Waals surface area contributed by atoms with Gasteiger partial charge in [0.25, 0.3) is 0 Å². The summed E-state index contributed by atoms with van der Waals surface area (Å²) in [5.74, 6) is 1.02. The van der Waals surface area contributed by atoms with Crippen LogP contribution in [0.1, 0.15) is 40.6 Å². The molecule has 3 aromatic rings. The average molecular weight is 433 g/mol. The van der Waals surface area contributed by atoms with E-state index in [-0.39, 0.29) is 6.04 Å². The number of benzene rings is 3. The van der Waals surface area contributed by atoms with Crippen molar-refractivity contribution in [3.8, 4) is 0 Å². The highest BCUT2D eigenvalue weighted by Crippen LogP contribution is 2.50. The molecule has 3 aromatic carbocycles. The molecular formula is C26H22Cl2N2. The van der Waals surface area contributed by atoms with Crippen LogP contribution in [0.15, 0.2) is 77.8 Å². The van der Waals surface area contributed by atoms with Crippen LogP contribution in [0.3, 0.4) is 0 Å². The Kier molecular flexibility index (Phi) is 5.14. The molecule has 2 aliphatic rings. The molecule has 0 saturated heterocycles. The van der Waals surface area contributed by atoms with Gasteiger partial charge in [-0.25, -0.2) is 0 Å². The van der Waals surface area contributed by atoms with Gasteiger partial charge in [-0.2, -0.15) is 0 Å². The smallest absolute Gasteiger partial charge is 0.0630 e. The van der Waals surface area contributed by atoms with Gasteiger partial charge in [-0.05, 0) is 60.7 Å². The molecule has 0 fully saturated rings. The lowest BCUT2D eigenvalue weighted by Gasteiger charge is -2.37. The molecule has 0 radical (unpaired) electrons. The number of fused-ring (bicyclic) bond motifs is 3. The van der Waals surface area contributed by atoms with Crippen LogP contribution >= 0.6 is 23.2 Å². The van der Waals surface area contributed by atoms with E-state index in [1.165, 1.54) is 22.4 Å². The summed E-state index contributed by atoms with van der Waals surface area (Å²) in [5.41, 5.74) is 6.88. The van der Waals surface area contributed by atoms with Crippen molar-refractivity contribution in [1.82, 2.24) is 0 Å². The van der Waals surface area contributed by atoms with Crippen LogP contribution in [-0.2, 0) is 0 Å². The van der Waals surface area contributed by atoms with E-state index in [0.717, 1.165) is 17.7 Å². The van der Waals surface area contributed by atoms with E-state index in [0.29, 0.717) is 21.9 Å². The highest BCUT2D eigenvalue weighted by molar-refractivity contribution is 6.38. The molecule has 4 heteroatoms. The van der Waals surface area contributed by atoms with E-state index in [4.69, 9.17) is 23.2 Å². The molecular weight excluding hydrogens is 411 g/mol. The number of allylic oxidation sites excluding steroid dienone is 2. The molecule has 0 aromatic heterocycles. The Morgan fingerprint density at radius 2 is 1.77 bits per heavy atom. The standard InChI is InChI=1S/C26H22Cl2N2/c1-16-8-13-25-21(14-16)19-4-2-5-20(19)26(30-25)17-9-11-18(12-10-17)29-15-22-23(27)6-3-7-24(22)28/h2-4,6-15,19-20,26,30H,5H2,1H3/t19-,20+,26-/m1/s1. The fourth-order valence-electron chi connectivity index (χ4n) is 4.58. The van der Waals surface area contributed by atoms with Crippen molar-refractivity contribution in [1.29, 1.82) is 0 Å². The Bertz CT molecular complexity index is 1130. The Balaban J connectivity index is 1.41. The van der Waals surface area contributed by atoms with E-state index in [1.807, 2.05) is 18.2 Å². The number of rotatable bonds is 3. The predicted molar refractivity (Wildman–Crippen MR) is 128 cm³/mol. The third-order valence-electron chi connectivity index (χ3n) is 6.11. The van der Waals surface area contributed by atoms with Crippen molar-refractivity contribution in [2.75, 3.05) is 5.32 Å². The molecule has 30 heavy (non-hydrogen) atoms. The second-order valence-corrected chi connectivity index (χ2v) is 8.87. The molecule has 0 spiro atoms. The quantitative estimate of drug-likeness (QED) is 0.330. The first-order valence-electron chi connectivity index (χ1n) is 10.2. The van der Waals surface area contributed by atoms with Crippen molar-refractivity contribution in [3.05, 3.63) is 105 Å². The molecule has 1 heterocycles. The highest BCUT2D eigenvalue weighted by Gasteiger charge is 2.37. The van der Waals surface area contributed by atoms with Crippen LogP contribution in [0.25, 0.3) is 0 Å². The number of aliphatic imine (C=N–C) groups is 1. The second kappa shape index (κ2) is 7.94. The van der Waals surface area contributed by atoms with Gasteiger partial charge in [0.2, 0.25) is 0 Å². The van der Waals surface area contributed by atoms with E-state index in [2.05, 4.69) is 71.8 Å². The SMILES string of the molecule is Cc1ccc2c(c1)[C@@H]1C=CC[C@@H]1[C@@H](c1ccc(N=Cc3c(Cl)cccc3Cl)cc1)N2. The maximum Gasteiger partial charge on any atom is 0.0630 e. The van der Waals surface area contributed by atoms with E-state index in [9.17, 15) is 0 Å². The monoisotopic (exact) mass is 432 g/mol. The van der Waals surface area contributed by atoms with Crippen LogP contribution in [0, 0.1) is 12.8 Å². The van der Waals surface area contributed by atoms with E-state index < -0.39 is 0 Å². The third kappa shape index (κ3) is 3.55. The summed E-state index contributed by atoms with van der Waals surface area (Å²) in [4.78, 5) is 4.57. The first-order chi connectivity index (χ1) is 14.6. The van der Waals surface area contributed by atoms with Gasteiger partial charge >= 0.3 is 0 Å². The van der Waals surface area contributed by atoms with Gasteiger partial charge in [0.15, 0.2) is 0 Å². The topological polar surface area (TPSA) is 24.4 Å². The first-order valence-corrected chi connectivity index (χ1v) is 11.0. The molecule has 0 amide bonds. The van der Waals surface area contributed by atoms with Crippen molar-refractivity contribution >= 4 is 40.8 Å². The number of halogens is 2. The van der Waals surface area contributed by atoms with Crippen LogP contribution < -0.4 is 5.32 Å². The second-order valence-electron chi connectivity index (χ2n) is 8.05. The maximum absolute atomic E-state index is 6.24. The maximum atomic E-state index is 6.24. The lowest BCUT2D eigenvalue weighted by molar-refractivity contribution is 0.425. The third-order valence-corrected chi connectivity index (χ3v) is 6.77. The van der Waals surface area contributed by atoms with Gasteiger partial charge in [0.05, 0.1) is 21.8 Å². The summed E-state index contributed by atoms with van der Waals surface area (Å²) in [6.45, 7) is 2.16. The zero-order valence-electron chi connectivity index (χ0n) is 16.6. The van der Waals surface area contributed by atoms with Gasteiger partial charge in [0.1, 0.15) is 0 Å². The molecule has 1 N–H and O–H groups in total. The summed E-state index contributed by atoms with van der Waals surface area (Å²) in [6.07, 6.45) is 7.53. The predicted octanol–water partition coefficient (Wildman–Crippen LogP) is 7.88. The summed E-state index contributed by atoms with van der Waals surface area (Å²) < 4.78 is 0. The molecule has 2 nitrogen and oxygen atoms in total. The average Bonchev–Trinajstić information content (AvgIpc) is 3.24. The number of nitrogens with zero attached hydrogens (tertiary/aromatic N) is 1. The molecule has 5 rings (SSSR count). The minimum absolute atomic E-state index is 0.288. The van der Waals surface area contributed by atoms with E-state index >= 15 is 0 Å². The van der Waals surface area contributed by atoms with Gasteiger partial charge in [-0.3, -0.25) is 4.99 Å². The van der Waals surface area contributed by atoms with Crippen molar-refractivity contribution in [3.63, 3.8) is 0 Å². The summed E-state index contributed by atoms with van der Waals surface area (Å²) in [5, 5.41) is 4.99. The van der Waals surface area contributed by atoms with Crippen LogP contribution in [0.2, 0.25) is 10.0 Å². The molecule has 1 aliphatic carbocycles. The van der Waals surface area contributed by atoms with Gasteiger partial charge in [0, 0.05) is 23.4 Å².